The maximum Gasteiger partial charge on any atom is 0.0701 e. The van der Waals surface area contributed by atoms with Gasteiger partial charge in [0.15, 0.2) is 0 Å². The highest BCUT2D eigenvalue weighted by molar-refractivity contribution is 9.09. The summed E-state index contributed by atoms with van der Waals surface area (Å²) in [6.45, 7) is 8.53. The second-order valence-corrected chi connectivity index (χ2v) is 5.65. The fourth-order valence-electron chi connectivity index (χ4n) is 1.41. The van der Waals surface area contributed by atoms with Gasteiger partial charge in [0, 0.05) is 24.5 Å². The summed E-state index contributed by atoms with van der Waals surface area (Å²) in [5, 5.41) is 3.41. The third kappa shape index (κ3) is 14.3. The van der Waals surface area contributed by atoms with E-state index in [1.807, 2.05) is 0 Å². The molecule has 0 radical (unpaired) electrons. The number of ether oxygens (including phenoxy) is 3. The van der Waals surface area contributed by atoms with E-state index in [-0.39, 0.29) is 0 Å². The standard InChI is InChI=1S/C12H26BrNO3/c1-11(13)10-12(2)14-4-5-16-8-9-17-7-6-15-3/h11-12,14H,4-10H2,1-3H3. The van der Waals surface area contributed by atoms with Crippen LogP contribution in [0.4, 0.5) is 0 Å². The average Bonchev–Trinajstić information content (AvgIpc) is 2.26. The van der Waals surface area contributed by atoms with Crippen molar-refractivity contribution in [1.29, 1.82) is 0 Å². The third-order valence-corrected chi connectivity index (χ3v) is 2.60. The Bertz CT molecular complexity index is 159. The van der Waals surface area contributed by atoms with E-state index in [9.17, 15) is 0 Å². The van der Waals surface area contributed by atoms with Gasteiger partial charge in [-0.1, -0.05) is 22.9 Å². The van der Waals surface area contributed by atoms with Crippen LogP contribution < -0.4 is 5.32 Å². The second kappa shape index (κ2) is 12.8. The lowest BCUT2D eigenvalue weighted by atomic mass is 10.2. The number of halogens is 1. The molecule has 1 N–H and O–H groups in total. The second-order valence-electron chi connectivity index (χ2n) is 4.09. The van der Waals surface area contributed by atoms with Gasteiger partial charge in [-0.2, -0.15) is 0 Å². The molecular formula is C12H26BrNO3. The molecule has 0 spiro atoms. The van der Waals surface area contributed by atoms with Crippen molar-refractivity contribution in [2.75, 3.05) is 46.7 Å². The van der Waals surface area contributed by atoms with Gasteiger partial charge in [-0.25, -0.2) is 0 Å². The summed E-state index contributed by atoms with van der Waals surface area (Å²) in [6, 6.07) is 0.519. The fraction of sp³-hybridized carbons (Fsp3) is 1.00. The Balaban J connectivity index is 3.07. The molecule has 0 rings (SSSR count). The molecule has 0 aliphatic rings. The minimum atomic E-state index is 0.519. The largest absolute Gasteiger partial charge is 0.382 e. The third-order valence-electron chi connectivity index (χ3n) is 2.22. The van der Waals surface area contributed by atoms with E-state index in [1.165, 1.54) is 0 Å². The van der Waals surface area contributed by atoms with Crippen LogP contribution in [0.15, 0.2) is 0 Å². The van der Waals surface area contributed by atoms with Crippen LogP contribution in [0.5, 0.6) is 0 Å². The van der Waals surface area contributed by atoms with Gasteiger partial charge in [-0.15, -0.1) is 0 Å². The molecule has 0 bridgehead atoms. The molecule has 4 nitrogen and oxygen atoms in total. The van der Waals surface area contributed by atoms with Crippen LogP contribution in [-0.2, 0) is 14.2 Å². The van der Waals surface area contributed by atoms with Gasteiger partial charge in [0.05, 0.1) is 33.0 Å². The van der Waals surface area contributed by atoms with Gasteiger partial charge in [-0.05, 0) is 13.3 Å². The maximum atomic E-state index is 5.43. The van der Waals surface area contributed by atoms with Crippen molar-refractivity contribution in [3.63, 3.8) is 0 Å². The molecule has 0 amide bonds. The van der Waals surface area contributed by atoms with E-state index >= 15 is 0 Å². The van der Waals surface area contributed by atoms with Crippen LogP contribution in [0.25, 0.3) is 0 Å². The molecule has 17 heavy (non-hydrogen) atoms. The molecule has 0 aromatic heterocycles. The van der Waals surface area contributed by atoms with Gasteiger partial charge in [-0.3, -0.25) is 0 Å². The first-order valence-corrected chi connectivity index (χ1v) is 7.10. The van der Waals surface area contributed by atoms with Crippen molar-refractivity contribution in [3.8, 4) is 0 Å². The van der Waals surface area contributed by atoms with Crippen LogP contribution in [0.1, 0.15) is 20.3 Å². The minimum Gasteiger partial charge on any atom is -0.382 e. The zero-order valence-electron chi connectivity index (χ0n) is 11.2. The van der Waals surface area contributed by atoms with Gasteiger partial charge < -0.3 is 19.5 Å². The van der Waals surface area contributed by atoms with Gasteiger partial charge >= 0.3 is 0 Å². The van der Waals surface area contributed by atoms with Crippen LogP contribution >= 0.6 is 15.9 Å². The number of hydrogen-bond acceptors (Lipinski definition) is 4. The van der Waals surface area contributed by atoms with E-state index < -0.39 is 0 Å². The molecule has 0 saturated carbocycles. The van der Waals surface area contributed by atoms with Crippen molar-refractivity contribution in [1.82, 2.24) is 5.32 Å². The zero-order chi connectivity index (χ0) is 12.9. The molecule has 0 heterocycles. The summed E-state index contributed by atoms with van der Waals surface area (Å²) in [7, 11) is 1.67. The normalized spacial score (nSPS) is 14.8. The lowest BCUT2D eigenvalue weighted by Gasteiger charge is -2.15. The smallest absolute Gasteiger partial charge is 0.0701 e. The highest BCUT2D eigenvalue weighted by atomic mass is 79.9. The molecule has 0 aliphatic carbocycles. The Labute approximate surface area is 114 Å². The Kier molecular flexibility index (Phi) is 13.0. The van der Waals surface area contributed by atoms with Crippen LogP contribution in [0.2, 0.25) is 0 Å². The fourth-order valence-corrected chi connectivity index (χ4v) is 1.97. The Morgan fingerprint density at radius 2 is 1.59 bits per heavy atom. The van der Waals surface area contributed by atoms with E-state index in [0.717, 1.165) is 19.6 Å². The van der Waals surface area contributed by atoms with Crippen molar-refractivity contribution in [2.24, 2.45) is 0 Å². The summed E-state index contributed by atoms with van der Waals surface area (Å²) in [6.07, 6.45) is 1.13. The maximum absolute atomic E-state index is 5.43. The monoisotopic (exact) mass is 311 g/mol. The molecule has 0 saturated heterocycles. The molecule has 104 valence electrons. The van der Waals surface area contributed by atoms with E-state index in [1.54, 1.807) is 7.11 Å². The molecule has 2 atom stereocenters. The van der Waals surface area contributed by atoms with Crippen molar-refractivity contribution in [2.45, 2.75) is 31.1 Å². The van der Waals surface area contributed by atoms with Crippen molar-refractivity contribution < 1.29 is 14.2 Å². The number of methoxy groups -OCH3 is 1. The first kappa shape index (κ1) is 17.3. The predicted molar refractivity (Wildman–Crippen MR) is 74.0 cm³/mol. The molecule has 0 fully saturated rings. The van der Waals surface area contributed by atoms with Gasteiger partial charge in [0.2, 0.25) is 0 Å². The Morgan fingerprint density at radius 1 is 1.00 bits per heavy atom. The van der Waals surface area contributed by atoms with E-state index in [0.29, 0.717) is 37.3 Å². The summed E-state index contributed by atoms with van der Waals surface area (Å²) in [4.78, 5) is 0.556. The van der Waals surface area contributed by atoms with Gasteiger partial charge in [0.1, 0.15) is 0 Å². The number of nitrogens with one attached hydrogen (secondary N) is 1. The molecule has 0 aromatic carbocycles. The van der Waals surface area contributed by atoms with E-state index in [4.69, 9.17) is 14.2 Å². The number of hydrogen-bond donors (Lipinski definition) is 1. The molecule has 5 heteroatoms. The first-order chi connectivity index (χ1) is 8.16. The lowest BCUT2D eigenvalue weighted by Crippen LogP contribution is -2.31. The molecule has 2 unspecified atom stereocenters. The van der Waals surface area contributed by atoms with Crippen LogP contribution in [0.3, 0.4) is 0 Å². The summed E-state index contributed by atoms with van der Waals surface area (Å²) >= 11 is 3.54. The van der Waals surface area contributed by atoms with Crippen molar-refractivity contribution in [3.05, 3.63) is 0 Å². The molecular weight excluding hydrogens is 286 g/mol. The highest BCUT2D eigenvalue weighted by Crippen LogP contribution is 2.05. The predicted octanol–water partition coefficient (Wildman–Crippen LogP) is 1.82. The van der Waals surface area contributed by atoms with E-state index in [2.05, 4.69) is 35.1 Å². The topological polar surface area (TPSA) is 39.7 Å². The zero-order valence-corrected chi connectivity index (χ0v) is 12.8. The van der Waals surface area contributed by atoms with Crippen molar-refractivity contribution >= 4 is 15.9 Å². The highest BCUT2D eigenvalue weighted by Gasteiger charge is 2.04. The quantitative estimate of drug-likeness (QED) is 0.441. The Morgan fingerprint density at radius 3 is 2.18 bits per heavy atom. The summed E-state index contributed by atoms with van der Waals surface area (Å²) < 4.78 is 15.6. The first-order valence-electron chi connectivity index (χ1n) is 6.18. The van der Waals surface area contributed by atoms with Crippen LogP contribution in [0, 0.1) is 0 Å². The number of rotatable bonds is 12. The number of alkyl halides is 1. The average molecular weight is 312 g/mol. The minimum absolute atomic E-state index is 0.519. The summed E-state index contributed by atoms with van der Waals surface area (Å²) in [5.41, 5.74) is 0. The van der Waals surface area contributed by atoms with Gasteiger partial charge in [0.25, 0.3) is 0 Å². The SMILES string of the molecule is COCCOCCOCCNC(C)CC(C)Br. The summed E-state index contributed by atoms with van der Waals surface area (Å²) in [5.74, 6) is 0. The molecule has 0 aromatic rings. The lowest BCUT2D eigenvalue weighted by molar-refractivity contribution is 0.0252. The van der Waals surface area contributed by atoms with Crippen LogP contribution in [-0.4, -0.2) is 57.6 Å². The Hall–Kier alpha value is 0.320. The molecule has 0 aliphatic heterocycles.